The number of ether oxygens (including phenoxy) is 1. The van der Waals surface area contributed by atoms with Gasteiger partial charge in [0.1, 0.15) is 0 Å². The second-order valence-electron chi connectivity index (χ2n) is 4.76. The minimum Gasteiger partial charge on any atom is -0.465 e. The normalized spacial score (nSPS) is 15.1. The van der Waals surface area contributed by atoms with E-state index in [-0.39, 0.29) is 5.91 Å². The van der Waals surface area contributed by atoms with Crippen LogP contribution in [0, 0.1) is 0 Å². The first-order valence-electron chi connectivity index (χ1n) is 6.61. The number of hydrogen-bond donors (Lipinski definition) is 1. The Morgan fingerprint density at radius 3 is 2.50 bits per heavy atom. The van der Waals surface area contributed by atoms with E-state index in [0.717, 1.165) is 5.56 Å². The van der Waals surface area contributed by atoms with Crippen LogP contribution in [0.3, 0.4) is 0 Å². The molecule has 3 rings (SSSR count). The second kappa shape index (κ2) is 5.66. The Labute approximate surface area is 132 Å². The lowest BCUT2D eigenvalue weighted by molar-refractivity contribution is -0.110. The zero-order valence-electron chi connectivity index (χ0n) is 11.7. The molecule has 1 aliphatic heterocycles. The molecule has 1 N–H and O–H groups in total. The number of amides is 1. The average molecular weight is 314 g/mol. The Hall–Kier alpha value is -2.59. The van der Waals surface area contributed by atoms with Gasteiger partial charge in [0.2, 0.25) is 0 Å². The number of halogens is 1. The molecular weight excluding hydrogens is 302 g/mol. The fraction of sp³-hybridized carbons (Fsp3) is 0.0588. The second-order valence-corrected chi connectivity index (χ2v) is 5.14. The van der Waals surface area contributed by atoms with Crippen molar-refractivity contribution in [2.75, 3.05) is 12.4 Å². The minimum absolute atomic E-state index is 0.286. The van der Waals surface area contributed by atoms with Gasteiger partial charge in [0.15, 0.2) is 0 Å². The number of carbonyl (C=O) groups is 2. The molecule has 0 unspecified atom stereocenters. The third-order valence-corrected chi connectivity index (χ3v) is 3.84. The van der Waals surface area contributed by atoms with Crippen molar-refractivity contribution in [3.8, 4) is 0 Å². The SMILES string of the molecule is COC(=O)c1ccc2c(c1)/C(=C(\Cl)c1ccccc1)C(=O)N2. The fourth-order valence-electron chi connectivity index (χ4n) is 2.36. The van der Waals surface area contributed by atoms with E-state index in [1.165, 1.54) is 7.11 Å². The summed E-state index contributed by atoms with van der Waals surface area (Å²) < 4.78 is 4.71. The molecule has 0 radical (unpaired) electrons. The molecule has 0 bridgehead atoms. The first-order valence-corrected chi connectivity index (χ1v) is 6.99. The Balaban J connectivity index is 2.16. The van der Waals surface area contributed by atoms with Gasteiger partial charge in [-0.25, -0.2) is 4.79 Å². The van der Waals surface area contributed by atoms with Crippen LogP contribution in [0.15, 0.2) is 48.5 Å². The number of methoxy groups -OCH3 is 1. The molecule has 0 atom stereocenters. The summed E-state index contributed by atoms with van der Waals surface area (Å²) in [5.74, 6) is -0.747. The quantitative estimate of drug-likeness (QED) is 0.681. The molecule has 1 amide bonds. The Bertz CT molecular complexity index is 797. The number of esters is 1. The predicted octanol–water partition coefficient (Wildman–Crippen LogP) is 3.53. The maximum Gasteiger partial charge on any atom is 0.337 e. The van der Waals surface area contributed by atoms with Gasteiger partial charge in [-0.2, -0.15) is 0 Å². The van der Waals surface area contributed by atoms with Crippen LogP contribution in [0.25, 0.3) is 10.6 Å². The minimum atomic E-state index is -0.461. The summed E-state index contributed by atoms with van der Waals surface area (Å²) in [6, 6.07) is 14.1. The molecular formula is C17H12ClNO3. The number of anilines is 1. The molecule has 1 heterocycles. The van der Waals surface area contributed by atoms with Crippen molar-refractivity contribution in [2.24, 2.45) is 0 Å². The molecule has 4 nitrogen and oxygen atoms in total. The smallest absolute Gasteiger partial charge is 0.337 e. The van der Waals surface area contributed by atoms with Crippen LogP contribution >= 0.6 is 11.6 Å². The fourth-order valence-corrected chi connectivity index (χ4v) is 2.67. The van der Waals surface area contributed by atoms with Gasteiger partial charge >= 0.3 is 5.97 Å². The molecule has 0 fully saturated rings. The van der Waals surface area contributed by atoms with Gasteiger partial charge < -0.3 is 10.1 Å². The molecule has 0 aliphatic carbocycles. The first kappa shape index (κ1) is 14.4. The summed E-state index contributed by atoms with van der Waals surface area (Å²) in [7, 11) is 1.31. The van der Waals surface area contributed by atoms with Crippen LogP contribution in [0.4, 0.5) is 5.69 Å². The van der Waals surface area contributed by atoms with E-state index in [4.69, 9.17) is 16.3 Å². The lowest BCUT2D eigenvalue weighted by Gasteiger charge is -2.05. The number of nitrogens with one attached hydrogen (secondary N) is 1. The van der Waals surface area contributed by atoms with Gasteiger partial charge in [-0.15, -0.1) is 0 Å². The molecule has 1 aliphatic rings. The largest absolute Gasteiger partial charge is 0.465 e. The summed E-state index contributed by atoms with van der Waals surface area (Å²) >= 11 is 6.40. The van der Waals surface area contributed by atoms with Crippen molar-refractivity contribution in [3.63, 3.8) is 0 Å². The monoisotopic (exact) mass is 313 g/mol. The van der Waals surface area contributed by atoms with Crippen molar-refractivity contribution in [2.45, 2.75) is 0 Å². The zero-order chi connectivity index (χ0) is 15.7. The lowest BCUT2D eigenvalue weighted by Crippen LogP contribution is -2.04. The van der Waals surface area contributed by atoms with Crippen molar-refractivity contribution < 1.29 is 14.3 Å². The standard InChI is InChI=1S/C17H12ClNO3/c1-22-17(21)11-7-8-13-12(9-11)14(16(20)19-13)15(18)10-5-3-2-4-6-10/h2-9H,1H3,(H,19,20)/b15-14+. The highest BCUT2D eigenvalue weighted by Gasteiger charge is 2.28. The van der Waals surface area contributed by atoms with Crippen LogP contribution in [-0.4, -0.2) is 19.0 Å². The van der Waals surface area contributed by atoms with Gasteiger partial charge in [0.05, 0.1) is 23.3 Å². The molecule has 0 spiro atoms. The van der Waals surface area contributed by atoms with Crippen LogP contribution in [-0.2, 0) is 9.53 Å². The van der Waals surface area contributed by atoms with Crippen molar-refractivity contribution >= 4 is 39.8 Å². The lowest BCUT2D eigenvalue weighted by atomic mass is 10.0. The zero-order valence-corrected chi connectivity index (χ0v) is 12.5. The van der Waals surface area contributed by atoms with Crippen molar-refractivity contribution in [3.05, 3.63) is 65.2 Å². The maximum absolute atomic E-state index is 12.2. The number of benzene rings is 2. The van der Waals surface area contributed by atoms with Crippen molar-refractivity contribution in [1.29, 1.82) is 0 Å². The Kier molecular flexibility index (Phi) is 3.69. The van der Waals surface area contributed by atoms with E-state index in [1.807, 2.05) is 30.3 Å². The molecule has 0 saturated carbocycles. The van der Waals surface area contributed by atoms with Gasteiger partial charge in [-0.05, 0) is 23.8 Å². The average Bonchev–Trinajstić information content (AvgIpc) is 2.89. The van der Waals surface area contributed by atoms with Gasteiger partial charge in [-0.1, -0.05) is 41.9 Å². The third kappa shape index (κ3) is 2.38. The summed E-state index contributed by atoms with van der Waals surface area (Å²) in [5, 5.41) is 3.10. The third-order valence-electron chi connectivity index (χ3n) is 3.43. The summed E-state index contributed by atoms with van der Waals surface area (Å²) in [6.45, 7) is 0. The first-order chi connectivity index (χ1) is 10.6. The van der Waals surface area contributed by atoms with Gasteiger partial charge in [-0.3, -0.25) is 4.79 Å². The van der Waals surface area contributed by atoms with E-state index < -0.39 is 5.97 Å². The summed E-state index contributed by atoms with van der Waals surface area (Å²) in [4.78, 5) is 23.9. The van der Waals surface area contributed by atoms with E-state index in [2.05, 4.69) is 5.32 Å². The highest BCUT2D eigenvalue weighted by atomic mass is 35.5. The van der Waals surface area contributed by atoms with E-state index >= 15 is 0 Å². The van der Waals surface area contributed by atoms with E-state index in [9.17, 15) is 9.59 Å². The number of fused-ring (bicyclic) bond motifs is 1. The predicted molar refractivity (Wildman–Crippen MR) is 85.5 cm³/mol. The summed E-state index contributed by atoms with van der Waals surface area (Å²) in [5.41, 5.74) is 2.69. The molecule has 5 heteroatoms. The van der Waals surface area contributed by atoms with Crippen molar-refractivity contribution in [1.82, 2.24) is 0 Å². The van der Waals surface area contributed by atoms with Crippen LogP contribution in [0.5, 0.6) is 0 Å². The number of hydrogen-bond acceptors (Lipinski definition) is 3. The Morgan fingerprint density at radius 1 is 1.09 bits per heavy atom. The highest BCUT2D eigenvalue weighted by molar-refractivity contribution is 6.59. The Morgan fingerprint density at radius 2 is 1.82 bits per heavy atom. The topological polar surface area (TPSA) is 55.4 Å². The molecule has 0 saturated heterocycles. The molecule has 2 aromatic carbocycles. The number of rotatable bonds is 2. The van der Waals surface area contributed by atoms with E-state index in [1.54, 1.807) is 18.2 Å². The van der Waals surface area contributed by atoms with Gasteiger partial charge in [0, 0.05) is 11.3 Å². The maximum atomic E-state index is 12.2. The number of carbonyl (C=O) groups excluding carboxylic acids is 2. The molecule has 0 aromatic heterocycles. The van der Waals surface area contributed by atoms with Gasteiger partial charge in [0.25, 0.3) is 5.91 Å². The molecule has 2 aromatic rings. The highest BCUT2D eigenvalue weighted by Crippen LogP contribution is 2.39. The van der Waals surface area contributed by atoms with Crippen LogP contribution < -0.4 is 5.32 Å². The van der Waals surface area contributed by atoms with Crippen LogP contribution in [0.1, 0.15) is 21.5 Å². The summed E-state index contributed by atoms with van der Waals surface area (Å²) in [6.07, 6.45) is 0. The van der Waals surface area contributed by atoms with E-state index in [0.29, 0.717) is 27.4 Å². The molecule has 110 valence electrons. The molecule has 22 heavy (non-hydrogen) atoms. The van der Waals surface area contributed by atoms with Crippen LogP contribution in [0.2, 0.25) is 0 Å².